The van der Waals surface area contributed by atoms with Gasteiger partial charge in [-0.25, -0.2) is 4.39 Å². The lowest BCUT2D eigenvalue weighted by molar-refractivity contribution is 0.350. The summed E-state index contributed by atoms with van der Waals surface area (Å²) in [6, 6.07) is 3.95. The molecule has 0 aliphatic heterocycles. The molecule has 0 unspecified atom stereocenters. The monoisotopic (exact) mass is 165 g/mol. The fourth-order valence-electron chi connectivity index (χ4n) is 0.782. The number of aliphatic hydroxyl groups excluding tert-OH is 1. The molecule has 3 N–H and O–H groups in total. The second kappa shape index (κ2) is 3.74. The third-order valence-electron chi connectivity index (χ3n) is 1.32. The van der Waals surface area contributed by atoms with E-state index in [2.05, 4.69) is 11.8 Å². The minimum Gasteiger partial charge on any atom is -0.398 e. The smallest absolute Gasteiger partial charge is 0.125 e. The fraction of sp³-hybridized carbons (Fsp3) is 0.111. The van der Waals surface area contributed by atoms with Crippen LogP contribution in [0.2, 0.25) is 0 Å². The molecule has 0 amide bonds. The van der Waals surface area contributed by atoms with E-state index in [0.29, 0.717) is 5.56 Å². The van der Waals surface area contributed by atoms with Crippen LogP contribution >= 0.6 is 0 Å². The van der Waals surface area contributed by atoms with Crippen molar-refractivity contribution in [3.8, 4) is 11.8 Å². The van der Waals surface area contributed by atoms with Crippen LogP contribution in [0.15, 0.2) is 18.2 Å². The molecule has 3 heteroatoms. The van der Waals surface area contributed by atoms with E-state index < -0.39 is 0 Å². The second-order valence-electron chi connectivity index (χ2n) is 2.19. The van der Waals surface area contributed by atoms with Crippen LogP contribution in [0, 0.1) is 17.7 Å². The number of nitrogen functional groups attached to an aromatic ring is 1. The summed E-state index contributed by atoms with van der Waals surface area (Å²) in [6.45, 7) is -0.225. The molecule has 1 rings (SSSR count). The third-order valence-corrected chi connectivity index (χ3v) is 1.32. The predicted octanol–water partition coefficient (Wildman–Crippen LogP) is 0.752. The maximum atomic E-state index is 12.5. The molecule has 62 valence electrons. The van der Waals surface area contributed by atoms with E-state index >= 15 is 0 Å². The Morgan fingerprint density at radius 2 is 2.25 bits per heavy atom. The van der Waals surface area contributed by atoms with E-state index in [1.165, 1.54) is 18.2 Å². The molecular weight excluding hydrogens is 157 g/mol. The van der Waals surface area contributed by atoms with Gasteiger partial charge in [-0.05, 0) is 18.2 Å². The average Bonchev–Trinajstić information content (AvgIpc) is 2.03. The third kappa shape index (κ3) is 1.97. The van der Waals surface area contributed by atoms with Crippen molar-refractivity contribution in [3.05, 3.63) is 29.6 Å². The molecule has 12 heavy (non-hydrogen) atoms. The Morgan fingerprint density at radius 3 is 2.83 bits per heavy atom. The largest absolute Gasteiger partial charge is 0.398 e. The molecule has 0 aliphatic carbocycles. The normalized spacial score (nSPS) is 8.83. The summed E-state index contributed by atoms with van der Waals surface area (Å²) >= 11 is 0. The molecule has 1 aromatic rings. The highest BCUT2D eigenvalue weighted by Crippen LogP contribution is 2.11. The summed E-state index contributed by atoms with van der Waals surface area (Å²) < 4.78 is 12.5. The van der Waals surface area contributed by atoms with E-state index in [0.717, 1.165) is 0 Å². The highest BCUT2D eigenvalue weighted by Gasteiger charge is 1.95. The van der Waals surface area contributed by atoms with Crippen molar-refractivity contribution in [1.82, 2.24) is 0 Å². The molecular formula is C9H8FNO. The molecule has 0 saturated carbocycles. The second-order valence-corrected chi connectivity index (χ2v) is 2.19. The first-order chi connectivity index (χ1) is 5.74. The number of rotatable bonds is 0. The molecule has 0 spiro atoms. The van der Waals surface area contributed by atoms with E-state index in [9.17, 15) is 4.39 Å². The van der Waals surface area contributed by atoms with Gasteiger partial charge in [0.1, 0.15) is 12.4 Å². The predicted molar refractivity (Wildman–Crippen MR) is 44.8 cm³/mol. The van der Waals surface area contributed by atoms with Gasteiger partial charge >= 0.3 is 0 Å². The molecule has 0 bridgehead atoms. The molecule has 0 heterocycles. The Balaban J connectivity index is 3.01. The number of benzene rings is 1. The number of anilines is 1. The van der Waals surface area contributed by atoms with Crippen LogP contribution in [-0.2, 0) is 0 Å². The molecule has 0 atom stereocenters. The first kappa shape index (κ1) is 8.57. The number of halogens is 1. The van der Waals surface area contributed by atoms with Crippen LogP contribution in [0.5, 0.6) is 0 Å². The maximum Gasteiger partial charge on any atom is 0.125 e. The van der Waals surface area contributed by atoms with Gasteiger partial charge in [-0.15, -0.1) is 0 Å². The highest BCUT2D eigenvalue weighted by atomic mass is 19.1. The number of hydrogen-bond donors (Lipinski definition) is 2. The SMILES string of the molecule is Nc1cc(F)ccc1C#CCO. The summed E-state index contributed by atoms with van der Waals surface area (Å²) in [4.78, 5) is 0. The first-order valence-electron chi connectivity index (χ1n) is 3.39. The van der Waals surface area contributed by atoms with E-state index in [-0.39, 0.29) is 18.1 Å². The topological polar surface area (TPSA) is 46.2 Å². The summed E-state index contributed by atoms with van der Waals surface area (Å²) in [6.07, 6.45) is 0. The van der Waals surface area contributed by atoms with Crippen molar-refractivity contribution in [2.75, 3.05) is 12.3 Å². The lowest BCUT2D eigenvalue weighted by atomic mass is 10.2. The van der Waals surface area contributed by atoms with Gasteiger partial charge in [0.2, 0.25) is 0 Å². The highest BCUT2D eigenvalue weighted by molar-refractivity contribution is 5.55. The van der Waals surface area contributed by atoms with Crippen LogP contribution < -0.4 is 5.73 Å². The van der Waals surface area contributed by atoms with E-state index in [1.54, 1.807) is 0 Å². The minimum absolute atomic E-state index is 0.225. The van der Waals surface area contributed by atoms with Gasteiger partial charge in [-0.2, -0.15) is 0 Å². The van der Waals surface area contributed by atoms with Crippen molar-refractivity contribution < 1.29 is 9.50 Å². The lowest BCUT2D eigenvalue weighted by Gasteiger charge is -1.96. The van der Waals surface area contributed by atoms with Crippen molar-refractivity contribution in [2.45, 2.75) is 0 Å². The molecule has 0 aliphatic rings. The summed E-state index contributed by atoms with van der Waals surface area (Å²) in [7, 11) is 0. The summed E-state index contributed by atoms with van der Waals surface area (Å²) in [5.74, 6) is 4.64. The van der Waals surface area contributed by atoms with Gasteiger partial charge in [-0.3, -0.25) is 0 Å². The number of aliphatic hydroxyl groups is 1. The first-order valence-corrected chi connectivity index (χ1v) is 3.39. The fourth-order valence-corrected chi connectivity index (χ4v) is 0.782. The van der Waals surface area contributed by atoms with Gasteiger partial charge in [0.25, 0.3) is 0 Å². The minimum atomic E-state index is -0.387. The molecule has 0 aromatic heterocycles. The Labute approximate surface area is 69.8 Å². The maximum absolute atomic E-state index is 12.5. The molecule has 0 saturated heterocycles. The summed E-state index contributed by atoms with van der Waals surface area (Å²) in [5, 5.41) is 8.38. The van der Waals surface area contributed by atoms with Crippen LogP contribution in [0.3, 0.4) is 0 Å². The van der Waals surface area contributed by atoms with Crippen LogP contribution in [0.25, 0.3) is 0 Å². The summed E-state index contributed by atoms with van der Waals surface area (Å²) in [5.41, 5.74) is 6.26. The van der Waals surface area contributed by atoms with Crippen molar-refractivity contribution in [2.24, 2.45) is 0 Å². The van der Waals surface area contributed by atoms with Gasteiger partial charge in [-0.1, -0.05) is 11.8 Å². The molecule has 2 nitrogen and oxygen atoms in total. The zero-order chi connectivity index (χ0) is 8.97. The van der Waals surface area contributed by atoms with E-state index in [4.69, 9.17) is 10.8 Å². The Bertz CT molecular complexity index is 338. The number of hydrogen-bond acceptors (Lipinski definition) is 2. The van der Waals surface area contributed by atoms with Gasteiger partial charge in [0.15, 0.2) is 0 Å². The van der Waals surface area contributed by atoms with E-state index in [1.807, 2.05) is 0 Å². The van der Waals surface area contributed by atoms with Crippen LogP contribution in [-0.4, -0.2) is 11.7 Å². The number of nitrogens with two attached hydrogens (primary N) is 1. The van der Waals surface area contributed by atoms with Crippen LogP contribution in [0.1, 0.15) is 5.56 Å². The zero-order valence-electron chi connectivity index (χ0n) is 6.34. The van der Waals surface area contributed by atoms with Crippen molar-refractivity contribution >= 4 is 5.69 Å². The van der Waals surface area contributed by atoms with Gasteiger partial charge < -0.3 is 10.8 Å². The lowest BCUT2D eigenvalue weighted by Crippen LogP contribution is -1.91. The molecule has 0 fully saturated rings. The van der Waals surface area contributed by atoms with Crippen molar-refractivity contribution in [3.63, 3.8) is 0 Å². The van der Waals surface area contributed by atoms with Gasteiger partial charge in [0.05, 0.1) is 5.69 Å². The Hall–Kier alpha value is -1.53. The standard InChI is InChI=1S/C9H8FNO/c10-8-4-3-7(2-1-5-12)9(11)6-8/h3-4,6,12H,5,11H2. The molecule has 1 aromatic carbocycles. The van der Waals surface area contributed by atoms with Crippen molar-refractivity contribution in [1.29, 1.82) is 0 Å². The molecule has 0 radical (unpaired) electrons. The zero-order valence-corrected chi connectivity index (χ0v) is 6.34. The quantitative estimate of drug-likeness (QED) is 0.440. The van der Waals surface area contributed by atoms with Gasteiger partial charge in [0, 0.05) is 5.56 Å². The Kier molecular flexibility index (Phi) is 2.67. The Morgan fingerprint density at radius 1 is 1.50 bits per heavy atom. The van der Waals surface area contributed by atoms with Crippen LogP contribution in [0.4, 0.5) is 10.1 Å². The average molecular weight is 165 g/mol.